The molecule has 0 saturated carbocycles. The lowest BCUT2D eigenvalue weighted by Crippen LogP contribution is -2.49. The van der Waals surface area contributed by atoms with Crippen LogP contribution in [0.5, 0.6) is 0 Å². The van der Waals surface area contributed by atoms with Crippen LogP contribution in [0.1, 0.15) is 0 Å². The van der Waals surface area contributed by atoms with Gasteiger partial charge in [-0.15, -0.1) is 0 Å². The van der Waals surface area contributed by atoms with Gasteiger partial charge in [-0.1, -0.05) is 4.98 Å². The minimum absolute atomic E-state index is 0.186. The molecular weight excluding hydrogens is 275 g/mol. The summed E-state index contributed by atoms with van der Waals surface area (Å²) in [6.07, 6.45) is 3.35. The number of hydrogen-bond acceptors (Lipinski definition) is 7. The first kappa shape index (κ1) is 12.5. The van der Waals surface area contributed by atoms with Crippen LogP contribution >= 0.6 is 0 Å². The number of anilines is 1. The Bertz CT molecular complexity index is 788. The highest BCUT2D eigenvalue weighted by atomic mass is 16.6. The second kappa shape index (κ2) is 3.91. The fourth-order valence-corrected chi connectivity index (χ4v) is 3.01. The molecule has 0 unspecified atom stereocenters. The van der Waals surface area contributed by atoms with Gasteiger partial charge in [0.15, 0.2) is 17.8 Å². The lowest BCUT2D eigenvalue weighted by atomic mass is 9.93. The third-order valence-corrected chi connectivity index (χ3v) is 4.07. The van der Waals surface area contributed by atoms with Crippen LogP contribution < -0.4 is 10.3 Å². The first-order valence-corrected chi connectivity index (χ1v) is 6.39. The number of nitrogen functional groups attached to an aromatic ring is 1. The standard InChI is InChI=1S/C11H11BN6O3/c13-2-17-4-18(10-6(17)9(14)15-3-16-10)11-8(12-11)7(20)5(1-19)21-11/h3-5,7-8,19-20H,1H2,(H2,14,15,16)/q+1/t5-,7-,8-,11+/m1/s1. The maximum atomic E-state index is 10.1. The van der Waals surface area contributed by atoms with Crippen molar-refractivity contribution in [1.29, 1.82) is 5.26 Å². The Morgan fingerprint density at radius 3 is 3.10 bits per heavy atom. The van der Waals surface area contributed by atoms with E-state index in [9.17, 15) is 15.5 Å². The van der Waals surface area contributed by atoms with E-state index in [0.717, 1.165) is 0 Å². The Kier molecular flexibility index (Phi) is 2.33. The van der Waals surface area contributed by atoms with Gasteiger partial charge >= 0.3 is 5.65 Å². The molecule has 0 bridgehead atoms. The molecule has 1 radical (unpaired) electrons. The van der Waals surface area contributed by atoms with Crippen molar-refractivity contribution in [2.45, 2.75) is 23.6 Å². The summed E-state index contributed by atoms with van der Waals surface area (Å²) < 4.78 is 8.66. The Morgan fingerprint density at radius 1 is 1.62 bits per heavy atom. The van der Waals surface area contributed by atoms with Crippen molar-refractivity contribution in [3.63, 3.8) is 0 Å². The maximum Gasteiger partial charge on any atom is 0.310 e. The van der Waals surface area contributed by atoms with Crippen LogP contribution in [0.4, 0.5) is 5.82 Å². The molecule has 105 valence electrons. The first-order valence-electron chi connectivity index (χ1n) is 6.39. The molecule has 2 aromatic heterocycles. The van der Waals surface area contributed by atoms with Crippen molar-refractivity contribution in [3.05, 3.63) is 12.7 Å². The number of nitriles is 1. The third-order valence-electron chi connectivity index (χ3n) is 4.07. The van der Waals surface area contributed by atoms with E-state index in [1.54, 1.807) is 4.57 Å². The minimum atomic E-state index is -0.895. The first-order chi connectivity index (χ1) is 10.1. The van der Waals surface area contributed by atoms with Gasteiger partial charge in [-0.05, 0) is 0 Å². The summed E-state index contributed by atoms with van der Waals surface area (Å²) in [5.74, 6) is -0.0697. The summed E-state index contributed by atoms with van der Waals surface area (Å²) in [4.78, 5) is 8.04. The molecule has 4 N–H and O–H groups in total. The Balaban J connectivity index is 1.90. The summed E-state index contributed by atoms with van der Waals surface area (Å²) >= 11 is 0. The number of aliphatic hydroxyl groups is 2. The van der Waals surface area contributed by atoms with Crippen molar-refractivity contribution in [3.8, 4) is 6.19 Å². The SMILES string of the molecule is N#Cn1c[n+]([C@@]23[B][C@@H]2[C@H](O)[C@@H](CO)O3)c2ncnc(N)c21. The zero-order valence-electron chi connectivity index (χ0n) is 10.8. The van der Waals surface area contributed by atoms with E-state index < -0.39 is 17.8 Å². The molecule has 2 saturated heterocycles. The molecule has 2 aliphatic rings. The minimum Gasteiger partial charge on any atom is -0.394 e. The van der Waals surface area contributed by atoms with Crippen LogP contribution in [0, 0.1) is 11.5 Å². The molecule has 2 aromatic rings. The van der Waals surface area contributed by atoms with Crippen LogP contribution in [0.3, 0.4) is 0 Å². The summed E-state index contributed by atoms with van der Waals surface area (Å²) in [5.41, 5.74) is 5.74. The normalized spacial score (nSPS) is 33.5. The molecule has 0 amide bonds. The van der Waals surface area contributed by atoms with Crippen LogP contribution in [-0.2, 0) is 10.4 Å². The van der Waals surface area contributed by atoms with Crippen LogP contribution in [0.2, 0.25) is 5.82 Å². The van der Waals surface area contributed by atoms with Gasteiger partial charge in [0, 0.05) is 5.82 Å². The molecule has 0 aromatic carbocycles. The van der Waals surface area contributed by atoms with Gasteiger partial charge < -0.3 is 20.7 Å². The molecule has 21 heavy (non-hydrogen) atoms. The van der Waals surface area contributed by atoms with Gasteiger partial charge in [-0.3, -0.25) is 0 Å². The van der Waals surface area contributed by atoms with Gasteiger partial charge in [-0.2, -0.15) is 14.8 Å². The van der Waals surface area contributed by atoms with Crippen molar-refractivity contribution < 1.29 is 19.5 Å². The molecule has 0 aliphatic carbocycles. The number of nitrogens with two attached hydrogens (primary N) is 1. The average molecular weight is 286 g/mol. The lowest BCUT2D eigenvalue weighted by Gasteiger charge is -2.16. The summed E-state index contributed by atoms with van der Waals surface area (Å²) in [7, 11) is 1.81. The molecule has 4 atom stereocenters. The van der Waals surface area contributed by atoms with Gasteiger partial charge in [0.05, 0.1) is 12.7 Å². The van der Waals surface area contributed by atoms with Crippen LogP contribution in [0.15, 0.2) is 12.7 Å². The number of imidazole rings is 1. The third kappa shape index (κ3) is 1.42. The Hall–Kier alpha value is -2.22. The van der Waals surface area contributed by atoms with Crippen LogP contribution in [-0.4, -0.2) is 50.8 Å². The van der Waals surface area contributed by atoms with E-state index in [1.165, 1.54) is 17.2 Å². The Labute approximate surface area is 119 Å². The van der Waals surface area contributed by atoms with Crippen molar-refractivity contribution in [1.82, 2.24) is 14.5 Å². The Morgan fingerprint density at radius 2 is 2.43 bits per heavy atom. The zero-order chi connectivity index (χ0) is 14.8. The fourth-order valence-electron chi connectivity index (χ4n) is 3.01. The predicted molar refractivity (Wildman–Crippen MR) is 68.6 cm³/mol. The molecule has 4 heterocycles. The van der Waals surface area contributed by atoms with E-state index in [-0.39, 0.29) is 18.2 Å². The molecule has 4 rings (SSSR count). The smallest absolute Gasteiger partial charge is 0.310 e. The van der Waals surface area contributed by atoms with Gasteiger partial charge in [0.2, 0.25) is 19.1 Å². The number of nitrogens with zero attached hydrogens (tertiary/aromatic N) is 5. The zero-order valence-corrected chi connectivity index (χ0v) is 10.8. The number of ether oxygens (including phenoxy) is 1. The monoisotopic (exact) mass is 286 g/mol. The number of aliphatic hydroxyl groups excluding tert-OH is 2. The number of fused-ring (bicyclic) bond motifs is 2. The maximum absolute atomic E-state index is 10.1. The summed E-state index contributed by atoms with van der Waals surface area (Å²) in [6, 6.07) is 0. The number of aromatic nitrogens is 4. The van der Waals surface area contributed by atoms with Crippen LogP contribution in [0.25, 0.3) is 11.2 Å². The van der Waals surface area contributed by atoms with Crippen molar-refractivity contribution in [2.75, 3.05) is 12.3 Å². The summed E-state index contributed by atoms with van der Waals surface area (Å²) in [5, 5.41) is 28.5. The molecular formula is C11H11BN6O3+. The predicted octanol–water partition coefficient (Wildman–Crippen LogP) is -2.50. The number of hydrogen-bond donors (Lipinski definition) is 3. The van der Waals surface area contributed by atoms with E-state index in [2.05, 4.69) is 9.97 Å². The molecule has 2 fully saturated rings. The quantitative estimate of drug-likeness (QED) is 0.410. The topological polar surface area (TPSA) is 134 Å². The molecule has 0 spiro atoms. The highest BCUT2D eigenvalue weighted by Crippen LogP contribution is 2.54. The van der Waals surface area contributed by atoms with Gasteiger partial charge in [0.1, 0.15) is 6.10 Å². The molecule has 9 nitrogen and oxygen atoms in total. The highest BCUT2D eigenvalue weighted by molar-refractivity contribution is 6.54. The molecule has 10 heteroatoms. The fraction of sp³-hybridized carbons (Fsp3) is 0.455. The highest BCUT2D eigenvalue weighted by Gasteiger charge is 2.72. The van der Waals surface area contributed by atoms with E-state index in [0.29, 0.717) is 11.2 Å². The lowest BCUT2D eigenvalue weighted by molar-refractivity contribution is -0.748. The average Bonchev–Trinajstić information content (AvgIpc) is 2.97. The van der Waals surface area contributed by atoms with Crippen molar-refractivity contribution in [2.24, 2.45) is 0 Å². The molecule has 2 aliphatic heterocycles. The summed E-state index contributed by atoms with van der Waals surface area (Å²) in [6.45, 7) is -0.276. The van der Waals surface area contributed by atoms with Crippen molar-refractivity contribution >= 4 is 24.3 Å². The van der Waals surface area contributed by atoms with E-state index in [4.69, 9.17) is 10.5 Å². The van der Waals surface area contributed by atoms with Gasteiger partial charge in [-0.25, -0.2) is 4.57 Å². The number of rotatable bonds is 2. The largest absolute Gasteiger partial charge is 0.394 e. The second-order valence-electron chi connectivity index (χ2n) is 5.16. The van der Waals surface area contributed by atoms with E-state index >= 15 is 0 Å². The second-order valence-corrected chi connectivity index (χ2v) is 5.16. The van der Waals surface area contributed by atoms with Gasteiger partial charge in [0.25, 0.3) is 6.19 Å². The van der Waals surface area contributed by atoms with E-state index in [1.807, 2.05) is 13.5 Å².